The minimum atomic E-state index is -2.37. The molecule has 3 heterocycles. The van der Waals surface area contributed by atoms with E-state index in [0.717, 1.165) is 73.1 Å². The molecule has 0 aromatic heterocycles. The van der Waals surface area contributed by atoms with Gasteiger partial charge in [0.1, 0.15) is 66.1 Å². The number of fused-ring (bicyclic) bond motifs is 3. The fraction of sp³-hybridized carbons (Fsp3) is 0.564. The van der Waals surface area contributed by atoms with E-state index < -0.39 is 165 Å². The third-order valence-corrected chi connectivity index (χ3v) is 14.7. The van der Waals surface area contributed by atoms with Crippen LogP contribution in [0.4, 0.5) is 0 Å². The molecule has 6 unspecified atom stereocenters. The van der Waals surface area contributed by atoms with Crippen molar-refractivity contribution in [2.75, 3.05) is 32.8 Å². The van der Waals surface area contributed by atoms with Gasteiger partial charge in [0, 0.05) is 31.5 Å². The molecule has 27 nitrogen and oxygen atoms in total. The molecular weight excluding hydrogens is 1110 g/mol. The topological polar surface area (TPSA) is 437 Å². The number of nitrogens with one attached hydrogen (secondary N) is 5. The summed E-state index contributed by atoms with van der Waals surface area (Å²) in [6.07, 6.45) is -11.4. The summed E-state index contributed by atoms with van der Waals surface area (Å²) < 4.78 is 11.8. The number of phenols is 1. The lowest BCUT2D eigenvalue weighted by atomic mass is 9.96. The van der Waals surface area contributed by atoms with Gasteiger partial charge in [-0.1, -0.05) is 63.3 Å². The summed E-state index contributed by atoms with van der Waals surface area (Å²) in [5.41, 5.74) is 9.02. The van der Waals surface area contributed by atoms with Gasteiger partial charge in [0.05, 0.1) is 50.6 Å². The van der Waals surface area contributed by atoms with E-state index in [4.69, 9.17) is 15.2 Å². The molecule has 0 radical (unpaired) electrons. The number of carbonyl (C=O) groups excluding carboxylic acids is 8. The van der Waals surface area contributed by atoms with Crippen LogP contribution in [0.3, 0.4) is 0 Å². The van der Waals surface area contributed by atoms with Crippen LogP contribution in [0.2, 0.25) is 0 Å². The molecule has 0 spiro atoms. The maximum atomic E-state index is 14.6. The van der Waals surface area contributed by atoms with E-state index in [9.17, 15) is 79.2 Å². The number of phenolic OH excluding ortho intramolecular Hbond substituents is 1. The van der Waals surface area contributed by atoms with Gasteiger partial charge in [-0.15, -0.1) is 0 Å². The van der Waals surface area contributed by atoms with Gasteiger partial charge in [0.2, 0.25) is 41.4 Å². The Bertz CT molecular complexity index is 2730. The number of aromatic hydroxyl groups is 1. The lowest BCUT2D eigenvalue weighted by Crippen LogP contribution is -3.00. The number of nitrogens with two attached hydrogens (primary N) is 1. The number of aliphatic hydroxyl groups excluding tert-OH is 7. The predicted molar refractivity (Wildman–Crippen MR) is 289 cm³/mol. The van der Waals surface area contributed by atoms with Gasteiger partial charge in [0.15, 0.2) is 6.23 Å². The number of benzene rings is 3. The summed E-state index contributed by atoms with van der Waals surface area (Å²) >= 11 is 0. The highest BCUT2D eigenvalue weighted by Crippen LogP contribution is 2.27. The number of aliphatic hydroxyl groups is 7. The molecule has 458 valence electrons. The van der Waals surface area contributed by atoms with Crippen LogP contribution < -0.4 is 55.2 Å². The molecule has 3 saturated heterocycles. The van der Waals surface area contributed by atoms with E-state index in [-0.39, 0.29) is 48.9 Å². The fourth-order valence-corrected chi connectivity index (χ4v) is 10.2. The van der Waals surface area contributed by atoms with Crippen LogP contribution in [0.15, 0.2) is 60.7 Å². The number of carbonyl (C=O) groups is 8. The lowest BCUT2D eigenvalue weighted by Gasteiger charge is -2.34. The van der Waals surface area contributed by atoms with Gasteiger partial charge in [0.25, 0.3) is 5.91 Å². The van der Waals surface area contributed by atoms with E-state index in [1.54, 1.807) is 18.2 Å². The molecule has 3 aliphatic rings. The third-order valence-electron chi connectivity index (χ3n) is 14.7. The van der Waals surface area contributed by atoms with Gasteiger partial charge in [-0.05, 0) is 72.5 Å². The summed E-state index contributed by atoms with van der Waals surface area (Å²) in [5.74, 6) is -9.37. The van der Waals surface area contributed by atoms with Crippen molar-refractivity contribution < 1.29 is 107 Å². The monoisotopic (exact) mass is 1190 g/mol. The summed E-state index contributed by atoms with van der Waals surface area (Å²) in [6.45, 7) is 2.54. The maximum Gasteiger partial charge on any atom is 0.251 e. The minimum absolute atomic E-state index is 0. The number of hydrogen-bond acceptors (Lipinski definition) is 18. The van der Waals surface area contributed by atoms with Crippen LogP contribution in [-0.2, 0) is 38.3 Å². The Labute approximate surface area is 484 Å². The first-order valence-electron chi connectivity index (χ1n) is 27.6. The van der Waals surface area contributed by atoms with Crippen molar-refractivity contribution in [3.8, 4) is 11.5 Å². The number of hydrogen-bond donors (Lipinski definition) is 15. The van der Waals surface area contributed by atoms with Crippen molar-refractivity contribution in [1.29, 1.82) is 0 Å². The normalized spacial score (nSPS) is 26.4. The van der Waals surface area contributed by atoms with Crippen molar-refractivity contribution in [3.63, 3.8) is 0 Å². The summed E-state index contributed by atoms with van der Waals surface area (Å²) in [4.78, 5) is 115. The largest absolute Gasteiger partial charge is 1.00 e. The van der Waals surface area contributed by atoms with E-state index in [2.05, 4.69) is 39.2 Å². The first kappa shape index (κ1) is 67.0. The van der Waals surface area contributed by atoms with Crippen molar-refractivity contribution in [2.45, 2.75) is 163 Å². The molecule has 3 aliphatic heterocycles. The second-order valence-corrected chi connectivity index (χ2v) is 21.0. The zero-order valence-corrected chi connectivity index (χ0v) is 46.9. The third kappa shape index (κ3) is 17.6. The summed E-state index contributed by atoms with van der Waals surface area (Å²) in [7, 11) is 0. The molecule has 3 aromatic rings. The number of ether oxygens (including phenoxy) is 2. The molecule has 0 saturated carbocycles. The molecule has 28 heteroatoms. The highest BCUT2D eigenvalue weighted by Gasteiger charge is 2.49. The number of unbranched alkanes of at least 4 members (excludes halogenated alkanes) is 5. The fourth-order valence-electron chi connectivity index (χ4n) is 10.2. The Balaban J connectivity index is 0.0000126. The van der Waals surface area contributed by atoms with Crippen LogP contribution in [-0.4, -0.2) is 210 Å². The average Bonchev–Trinajstić information content (AvgIpc) is 4.28. The lowest BCUT2D eigenvalue weighted by molar-refractivity contribution is -0.376. The van der Waals surface area contributed by atoms with Crippen molar-refractivity contribution in [1.82, 2.24) is 36.4 Å². The van der Waals surface area contributed by atoms with Crippen LogP contribution >= 0.6 is 0 Å². The Morgan fingerprint density at radius 1 is 0.747 bits per heavy atom. The van der Waals surface area contributed by atoms with Gasteiger partial charge < -0.3 is 111 Å². The second kappa shape index (κ2) is 31.2. The van der Waals surface area contributed by atoms with E-state index in [0.29, 0.717) is 23.1 Å². The highest BCUT2D eigenvalue weighted by molar-refractivity contribution is 6.02. The second-order valence-electron chi connectivity index (χ2n) is 21.0. The van der Waals surface area contributed by atoms with E-state index in [1.807, 2.05) is 6.07 Å². The van der Waals surface area contributed by atoms with Gasteiger partial charge >= 0.3 is 0 Å². The molecule has 83 heavy (non-hydrogen) atoms. The molecule has 0 bridgehead atoms. The predicted octanol–water partition coefficient (Wildman–Crippen LogP) is -7.06. The molecular formula is C55H78ClN9O18. The van der Waals surface area contributed by atoms with E-state index in [1.165, 1.54) is 18.6 Å². The van der Waals surface area contributed by atoms with Crippen molar-refractivity contribution in [3.05, 3.63) is 71.8 Å². The number of quaternary nitrogens is 1. The molecule has 6 rings (SSSR count). The SMILES string of the molecule is CCCCCCCCOc1ccc2cc(C(=O)N[C@H]3C[C@@H](O)[C@@H](OCC[NH3+])NC(=O)C4[C@@H](O)CCN4C(=O)C([C@@H](O)CC(N)=O)NC(=O)C([C@H](O)[C@@H](O)c4ccc(O)cc4)NC(=O)C4CC(O)CN4C(=O)C([C@@H](C)O)NC3=O)ccc2c1.[Cl-]. The maximum absolute atomic E-state index is 14.6. The zero-order valence-electron chi connectivity index (χ0n) is 46.2. The van der Waals surface area contributed by atoms with Crippen molar-refractivity contribution in [2.24, 2.45) is 5.73 Å². The summed E-state index contributed by atoms with van der Waals surface area (Å²) in [5, 5.41) is 103. The summed E-state index contributed by atoms with van der Waals surface area (Å²) in [6, 6.07) is 2.49. The molecule has 3 aromatic carbocycles. The van der Waals surface area contributed by atoms with Crippen molar-refractivity contribution >= 4 is 58.0 Å². The Morgan fingerprint density at radius 2 is 1.39 bits per heavy atom. The first-order valence-corrected chi connectivity index (χ1v) is 27.6. The molecule has 0 aliphatic carbocycles. The number of rotatable bonds is 20. The van der Waals surface area contributed by atoms with Crippen LogP contribution in [0.1, 0.15) is 100 Å². The van der Waals surface area contributed by atoms with Gasteiger partial charge in [-0.2, -0.15) is 0 Å². The standard InChI is InChI=1S/C55H77N9O18.ClH/c1-3-4-5-6-7-8-20-81-35-16-13-30-22-32(10-9-31(30)23-35)48(74)58-36-25-40(70)53(82-21-18-56)62-52(78)45-38(68)17-19-63(45)55(80)43(39(69)26-41(57)71)60-51(77)44(47(73)46(72)29-11-14-33(66)15-12-29)61-50(76)37-24-34(67)27-64(37)54(79)42(28(2)65)59-49(36)75;/h9-16,22-23,28,34,36-40,42-47,53,65-70,72-73H,3-8,17-21,24-27,56H2,1-2H3,(H2,57,71)(H,58,74)(H,59,75)(H,60,77)(H,61,76)(H,62,78);1H/t28-,34?,36+,37?,38+,39+,40-,42?,43?,44?,45?,46+,47+,53-;/m1./s1. The number of primary amides is 1. The van der Waals surface area contributed by atoms with Gasteiger partial charge in [-0.25, -0.2) is 0 Å². The van der Waals surface area contributed by atoms with Gasteiger partial charge in [-0.3, -0.25) is 38.4 Å². The minimum Gasteiger partial charge on any atom is -1.00 e. The quantitative estimate of drug-likeness (QED) is 0.0468. The Kier molecular flexibility index (Phi) is 25.2. The Morgan fingerprint density at radius 3 is 2.06 bits per heavy atom. The van der Waals surface area contributed by atoms with Crippen LogP contribution in [0.5, 0.6) is 11.5 Å². The number of nitrogens with zero attached hydrogens (tertiary/aromatic N) is 2. The number of amides is 8. The number of halogens is 1. The highest BCUT2D eigenvalue weighted by atomic mass is 35.5. The molecule has 18 N–H and O–H groups in total. The molecule has 3 fully saturated rings. The van der Waals surface area contributed by atoms with Crippen LogP contribution in [0, 0.1) is 0 Å². The zero-order chi connectivity index (χ0) is 59.9. The Hall–Kier alpha value is -6.79. The smallest absolute Gasteiger partial charge is 0.251 e. The van der Waals surface area contributed by atoms with E-state index >= 15 is 0 Å². The molecule has 14 atom stereocenters. The first-order chi connectivity index (χ1) is 39.0. The molecule has 8 amide bonds. The average molecular weight is 1190 g/mol. The van der Waals surface area contributed by atoms with Crippen LogP contribution in [0.25, 0.3) is 10.8 Å².